The third-order valence-corrected chi connectivity index (χ3v) is 5.51. The van der Waals surface area contributed by atoms with Gasteiger partial charge in [0.25, 0.3) is 5.82 Å². The SMILES string of the molecule is Cl.[O-]C(C[n+]1cc(-c2ccc(F)cc2)n2c1CCC2)=Nc1ccc(Oc2ccccc2)cc1. The highest BCUT2D eigenvalue weighted by Gasteiger charge is 2.28. The monoisotopic (exact) mass is 463 g/mol. The molecule has 4 aromatic rings. The first-order valence-corrected chi connectivity index (χ1v) is 10.6. The first-order valence-electron chi connectivity index (χ1n) is 10.6. The van der Waals surface area contributed by atoms with Crippen molar-refractivity contribution in [1.29, 1.82) is 0 Å². The number of nitrogens with zero attached hydrogens (tertiary/aromatic N) is 3. The van der Waals surface area contributed by atoms with Crippen molar-refractivity contribution in [1.82, 2.24) is 4.57 Å². The molecule has 3 aromatic carbocycles. The van der Waals surface area contributed by atoms with Crippen molar-refractivity contribution < 1.29 is 18.8 Å². The number of fused-ring (bicyclic) bond motifs is 1. The molecular formula is C26H23ClFN3O2. The zero-order valence-corrected chi connectivity index (χ0v) is 18.7. The number of hydrogen-bond acceptors (Lipinski definition) is 3. The van der Waals surface area contributed by atoms with Crippen LogP contribution in [0.1, 0.15) is 12.2 Å². The molecule has 5 nitrogen and oxygen atoms in total. The van der Waals surface area contributed by atoms with E-state index >= 15 is 0 Å². The lowest BCUT2D eigenvalue weighted by Crippen LogP contribution is -2.43. The van der Waals surface area contributed by atoms with Crippen LogP contribution in [0.2, 0.25) is 0 Å². The molecular weight excluding hydrogens is 441 g/mol. The van der Waals surface area contributed by atoms with Crippen molar-refractivity contribution in [3.63, 3.8) is 0 Å². The zero-order valence-electron chi connectivity index (χ0n) is 17.9. The van der Waals surface area contributed by atoms with E-state index in [2.05, 4.69) is 9.56 Å². The maximum Gasteiger partial charge on any atom is 0.257 e. The molecule has 0 saturated heterocycles. The minimum atomic E-state index is -0.260. The Morgan fingerprint density at radius 1 is 0.970 bits per heavy atom. The number of imidazole rings is 1. The minimum Gasteiger partial charge on any atom is -0.859 e. The van der Waals surface area contributed by atoms with Gasteiger partial charge in [0.1, 0.15) is 30.1 Å². The molecule has 0 saturated carbocycles. The molecule has 7 heteroatoms. The Morgan fingerprint density at radius 2 is 1.67 bits per heavy atom. The molecule has 0 N–H and O–H groups in total. The Balaban J connectivity index is 0.00000259. The summed E-state index contributed by atoms with van der Waals surface area (Å²) in [5.74, 6) is 2.05. The maximum absolute atomic E-state index is 13.3. The molecule has 0 fully saturated rings. The van der Waals surface area contributed by atoms with Crippen LogP contribution in [-0.2, 0) is 19.5 Å². The normalized spacial score (nSPS) is 12.8. The summed E-state index contributed by atoms with van der Waals surface area (Å²) in [5, 5.41) is 12.7. The molecule has 0 aliphatic carbocycles. The third kappa shape index (κ3) is 5.07. The molecule has 1 aromatic heterocycles. The number of rotatable bonds is 6. The van der Waals surface area contributed by atoms with Gasteiger partial charge in [0.2, 0.25) is 0 Å². The van der Waals surface area contributed by atoms with Gasteiger partial charge in [-0.15, -0.1) is 12.4 Å². The molecule has 0 radical (unpaired) electrons. The fourth-order valence-electron chi connectivity index (χ4n) is 4.04. The number of hydrogen-bond donors (Lipinski definition) is 0. The van der Waals surface area contributed by atoms with Crippen LogP contribution in [0.25, 0.3) is 11.3 Å². The quantitative estimate of drug-likeness (QED) is 0.233. The first kappa shape index (κ1) is 22.6. The number of benzene rings is 3. The topological polar surface area (TPSA) is 53.5 Å². The lowest BCUT2D eigenvalue weighted by molar-refractivity contribution is -0.693. The van der Waals surface area contributed by atoms with Crippen LogP contribution in [0.4, 0.5) is 10.1 Å². The summed E-state index contributed by atoms with van der Waals surface area (Å²) in [6.45, 7) is 1.06. The summed E-state index contributed by atoms with van der Waals surface area (Å²) < 4.78 is 23.3. The van der Waals surface area contributed by atoms with E-state index in [0.717, 1.165) is 42.2 Å². The van der Waals surface area contributed by atoms with Gasteiger partial charge in [0.15, 0.2) is 5.69 Å². The fraction of sp³-hybridized carbons (Fsp3) is 0.154. The van der Waals surface area contributed by atoms with Crippen molar-refractivity contribution in [3.8, 4) is 22.8 Å². The average Bonchev–Trinajstić information content (AvgIpc) is 3.41. The van der Waals surface area contributed by atoms with Gasteiger partial charge in [-0.2, -0.15) is 0 Å². The van der Waals surface area contributed by atoms with Crippen LogP contribution in [0.15, 0.2) is 90.1 Å². The van der Waals surface area contributed by atoms with Crippen LogP contribution in [-0.4, -0.2) is 10.5 Å². The van der Waals surface area contributed by atoms with Crippen molar-refractivity contribution in [2.24, 2.45) is 4.99 Å². The Morgan fingerprint density at radius 3 is 2.39 bits per heavy atom. The minimum absolute atomic E-state index is 0. The molecule has 1 aliphatic rings. The maximum atomic E-state index is 13.3. The molecule has 1 aliphatic heterocycles. The van der Waals surface area contributed by atoms with Crippen molar-refractivity contribution in [3.05, 3.63) is 96.7 Å². The predicted octanol–water partition coefficient (Wildman–Crippen LogP) is 4.83. The molecule has 0 atom stereocenters. The van der Waals surface area contributed by atoms with E-state index in [9.17, 15) is 9.50 Å². The van der Waals surface area contributed by atoms with Crippen molar-refractivity contribution in [2.45, 2.75) is 25.9 Å². The molecule has 2 heterocycles. The van der Waals surface area contributed by atoms with E-state index in [1.807, 2.05) is 41.1 Å². The molecule has 0 bridgehead atoms. The molecule has 0 unspecified atom stereocenters. The highest BCUT2D eigenvalue weighted by molar-refractivity contribution is 5.85. The second-order valence-corrected chi connectivity index (χ2v) is 7.74. The van der Waals surface area contributed by atoms with Crippen molar-refractivity contribution in [2.75, 3.05) is 0 Å². The zero-order chi connectivity index (χ0) is 21.9. The number of aliphatic imine (C=N–C) groups is 1. The van der Waals surface area contributed by atoms with E-state index in [1.165, 1.54) is 12.1 Å². The van der Waals surface area contributed by atoms with Gasteiger partial charge in [0, 0.05) is 11.5 Å². The summed E-state index contributed by atoms with van der Waals surface area (Å²) in [7, 11) is 0. The van der Waals surface area contributed by atoms with Crippen LogP contribution >= 0.6 is 12.4 Å². The molecule has 0 amide bonds. The Bertz CT molecular complexity index is 1250. The standard InChI is InChI=1S/C26H22FN3O2.ClH/c27-20-10-8-19(9-11-20)24-17-29(26-7-4-16-30(24)26)18-25(31)28-21-12-14-23(15-13-21)32-22-5-2-1-3-6-22;/h1-3,5-6,8-15,17H,4,7,16,18H2;1H. The summed E-state index contributed by atoms with van der Waals surface area (Å²) in [4.78, 5) is 4.25. The lowest BCUT2D eigenvalue weighted by atomic mass is 10.1. The summed E-state index contributed by atoms with van der Waals surface area (Å²) in [5.41, 5.74) is 2.52. The van der Waals surface area contributed by atoms with Gasteiger partial charge < -0.3 is 9.84 Å². The van der Waals surface area contributed by atoms with Gasteiger partial charge in [-0.1, -0.05) is 18.2 Å². The Labute approximate surface area is 197 Å². The van der Waals surface area contributed by atoms with Gasteiger partial charge in [-0.3, -0.25) is 4.99 Å². The van der Waals surface area contributed by atoms with Crippen LogP contribution in [0.3, 0.4) is 0 Å². The number of aromatic nitrogens is 2. The Kier molecular flexibility index (Phi) is 6.75. The summed E-state index contributed by atoms with van der Waals surface area (Å²) >= 11 is 0. The lowest BCUT2D eigenvalue weighted by Gasteiger charge is -2.10. The summed E-state index contributed by atoms with van der Waals surface area (Å²) in [6, 6.07) is 23.1. The number of halogens is 2. The largest absolute Gasteiger partial charge is 0.859 e. The van der Waals surface area contributed by atoms with E-state index in [0.29, 0.717) is 11.4 Å². The van der Waals surface area contributed by atoms with Gasteiger partial charge in [0.05, 0.1) is 18.7 Å². The number of para-hydroxylation sites is 1. The van der Waals surface area contributed by atoms with Gasteiger partial charge in [-0.25, -0.2) is 13.5 Å². The number of ether oxygens (including phenoxy) is 1. The molecule has 168 valence electrons. The van der Waals surface area contributed by atoms with Gasteiger partial charge >= 0.3 is 0 Å². The molecule has 5 rings (SSSR count). The van der Waals surface area contributed by atoms with E-state index in [4.69, 9.17) is 4.74 Å². The highest BCUT2D eigenvalue weighted by Crippen LogP contribution is 2.26. The van der Waals surface area contributed by atoms with Crippen LogP contribution in [0, 0.1) is 5.82 Å². The first-order chi connectivity index (χ1) is 15.7. The molecule has 33 heavy (non-hydrogen) atoms. The van der Waals surface area contributed by atoms with E-state index in [1.54, 1.807) is 36.4 Å². The van der Waals surface area contributed by atoms with E-state index in [-0.39, 0.29) is 30.7 Å². The molecule has 0 spiro atoms. The van der Waals surface area contributed by atoms with E-state index < -0.39 is 0 Å². The summed E-state index contributed by atoms with van der Waals surface area (Å²) in [6.07, 6.45) is 3.89. The second-order valence-electron chi connectivity index (χ2n) is 7.74. The Hall–Kier alpha value is -3.64. The fourth-order valence-corrected chi connectivity index (χ4v) is 4.04. The van der Waals surface area contributed by atoms with Crippen LogP contribution in [0.5, 0.6) is 11.5 Å². The van der Waals surface area contributed by atoms with Gasteiger partial charge in [-0.05, 0) is 67.1 Å². The third-order valence-electron chi connectivity index (χ3n) is 5.51. The predicted molar refractivity (Wildman–Crippen MR) is 126 cm³/mol. The van der Waals surface area contributed by atoms with Crippen molar-refractivity contribution >= 4 is 24.0 Å². The second kappa shape index (κ2) is 9.88. The smallest absolute Gasteiger partial charge is 0.257 e. The highest BCUT2D eigenvalue weighted by atomic mass is 35.5. The average molecular weight is 464 g/mol. The van der Waals surface area contributed by atoms with Crippen LogP contribution < -0.4 is 14.4 Å².